The lowest BCUT2D eigenvalue weighted by Crippen LogP contribution is -2.38. The summed E-state index contributed by atoms with van der Waals surface area (Å²) >= 11 is 0. The molecule has 1 atom stereocenters. The number of amides is 1. The first-order chi connectivity index (χ1) is 8.58. The number of aliphatic hydroxyl groups excluding tert-OH is 1. The molecule has 0 fully saturated rings. The Morgan fingerprint density at radius 1 is 1.50 bits per heavy atom. The SMILES string of the molecule is COCC(CCO)NC(=O)c1ccc(O)cc1C. The fourth-order valence-corrected chi connectivity index (χ4v) is 1.72. The summed E-state index contributed by atoms with van der Waals surface area (Å²) in [6.45, 7) is 2.10. The predicted octanol–water partition coefficient (Wildman–Crippen LogP) is 0.828. The number of rotatable bonds is 6. The van der Waals surface area contributed by atoms with Crippen LogP contribution in [0.1, 0.15) is 22.3 Å². The molecule has 0 saturated carbocycles. The third-order valence-corrected chi connectivity index (χ3v) is 2.64. The van der Waals surface area contributed by atoms with E-state index in [9.17, 15) is 9.90 Å². The number of methoxy groups -OCH3 is 1. The van der Waals surface area contributed by atoms with Gasteiger partial charge in [-0.05, 0) is 37.1 Å². The van der Waals surface area contributed by atoms with E-state index in [0.717, 1.165) is 0 Å². The molecule has 0 aromatic heterocycles. The highest BCUT2D eigenvalue weighted by Gasteiger charge is 2.15. The average Bonchev–Trinajstić information content (AvgIpc) is 2.29. The minimum Gasteiger partial charge on any atom is -0.508 e. The number of nitrogens with one attached hydrogen (secondary N) is 1. The molecule has 18 heavy (non-hydrogen) atoms. The van der Waals surface area contributed by atoms with Crippen LogP contribution in [0.2, 0.25) is 0 Å². The number of phenols is 1. The van der Waals surface area contributed by atoms with Crippen LogP contribution in [-0.4, -0.2) is 42.5 Å². The van der Waals surface area contributed by atoms with E-state index in [1.807, 2.05) is 0 Å². The molecule has 0 heterocycles. The topological polar surface area (TPSA) is 78.8 Å². The summed E-state index contributed by atoms with van der Waals surface area (Å²) in [5.74, 6) is -0.101. The van der Waals surface area contributed by atoms with Crippen LogP contribution in [0.5, 0.6) is 5.75 Å². The highest BCUT2D eigenvalue weighted by Crippen LogP contribution is 2.15. The maximum Gasteiger partial charge on any atom is 0.251 e. The van der Waals surface area contributed by atoms with Crippen molar-refractivity contribution < 1.29 is 19.7 Å². The highest BCUT2D eigenvalue weighted by molar-refractivity contribution is 5.95. The van der Waals surface area contributed by atoms with Gasteiger partial charge in [-0.1, -0.05) is 0 Å². The van der Waals surface area contributed by atoms with E-state index in [1.165, 1.54) is 12.1 Å². The summed E-state index contributed by atoms with van der Waals surface area (Å²) in [5, 5.41) is 21.0. The first kappa shape index (κ1) is 14.5. The third kappa shape index (κ3) is 4.01. The maximum absolute atomic E-state index is 12.0. The molecule has 3 N–H and O–H groups in total. The Hall–Kier alpha value is -1.59. The molecule has 1 aromatic carbocycles. The predicted molar refractivity (Wildman–Crippen MR) is 67.7 cm³/mol. The van der Waals surface area contributed by atoms with Crippen LogP contribution in [0.4, 0.5) is 0 Å². The first-order valence-corrected chi connectivity index (χ1v) is 5.78. The molecule has 1 amide bonds. The van der Waals surface area contributed by atoms with E-state index in [0.29, 0.717) is 24.2 Å². The van der Waals surface area contributed by atoms with Gasteiger partial charge in [0.15, 0.2) is 0 Å². The van der Waals surface area contributed by atoms with Gasteiger partial charge in [0.25, 0.3) is 5.91 Å². The van der Waals surface area contributed by atoms with Crippen molar-refractivity contribution in [3.63, 3.8) is 0 Å². The van der Waals surface area contributed by atoms with Crippen LogP contribution >= 0.6 is 0 Å². The van der Waals surface area contributed by atoms with Crippen LogP contribution in [0.3, 0.4) is 0 Å². The Kier molecular flexibility index (Phi) is 5.61. The minimum atomic E-state index is -0.233. The van der Waals surface area contributed by atoms with Crippen molar-refractivity contribution in [2.45, 2.75) is 19.4 Å². The van der Waals surface area contributed by atoms with E-state index < -0.39 is 0 Å². The summed E-state index contributed by atoms with van der Waals surface area (Å²) in [4.78, 5) is 12.0. The largest absolute Gasteiger partial charge is 0.508 e. The quantitative estimate of drug-likeness (QED) is 0.701. The summed E-state index contributed by atoms with van der Waals surface area (Å²) in [6, 6.07) is 4.36. The van der Waals surface area contributed by atoms with Crippen molar-refractivity contribution in [3.8, 4) is 5.75 Å². The molecule has 1 unspecified atom stereocenters. The zero-order valence-corrected chi connectivity index (χ0v) is 10.6. The van der Waals surface area contributed by atoms with Crippen LogP contribution in [0.15, 0.2) is 18.2 Å². The molecule has 0 aliphatic carbocycles. The average molecular weight is 253 g/mol. The van der Waals surface area contributed by atoms with Crippen molar-refractivity contribution in [2.75, 3.05) is 20.3 Å². The first-order valence-electron chi connectivity index (χ1n) is 5.78. The number of aliphatic hydroxyl groups is 1. The molecule has 0 spiro atoms. The highest BCUT2D eigenvalue weighted by atomic mass is 16.5. The zero-order valence-electron chi connectivity index (χ0n) is 10.6. The summed E-state index contributed by atoms with van der Waals surface area (Å²) < 4.78 is 4.98. The zero-order chi connectivity index (χ0) is 13.5. The van der Waals surface area contributed by atoms with Crippen LogP contribution in [-0.2, 0) is 4.74 Å². The van der Waals surface area contributed by atoms with E-state index >= 15 is 0 Å². The molecule has 5 nitrogen and oxygen atoms in total. The Morgan fingerprint density at radius 2 is 2.22 bits per heavy atom. The van der Waals surface area contributed by atoms with Gasteiger partial charge in [0.1, 0.15) is 5.75 Å². The summed E-state index contributed by atoms with van der Waals surface area (Å²) in [7, 11) is 1.54. The molecule has 0 aliphatic heterocycles. The van der Waals surface area contributed by atoms with Crippen molar-refractivity contribution in [1.82, 2.24) is 5.32 Å². The Labute approximate surface area is 106 Å². The summed E-state index contributed by atoms with van der Waals surface area (Å²) in [6.07, 6.45) is 0.441. The number of hydrogen-bond acceptors (Lipinski definition) is 4. The van der Waals surface area contributed by atoms with Gasteiger partial charge >= 0.3 is 0 Å². The molecule has 1 rings (SSSR count). The van der Waals surface area contributed by atoms with Crippen molar-refractivity contribution in [2.24, 2.45) is 0 Å². The van der Waals surface area contributed by atoms with Gasteiger partial charge in [0.2, 0.25) is 0 Å². The maximum atomic E-state index is 12.0. The smallest absolute Gasteiger partial charge is 0.251 e. The fourth-order valence-electron chi connectivity index (χ4n) is 1.72. The molecule has 0 radical (unpaired) electrons. The molecule has 5 heteroatoms. The fraction of sp³-hybridized carbons (Fsp3) is 0.462. The Morgan fingerprint density at radius 3 is 2.78 bits per heavy atom. The van der Waals surface area contributed by atoms with Crippen molar-refractivity contribution in [1.29, 1.82) is 0 Å². The molecule has 1 aromatic rings. The third-order valence-electron chi connectivity index (χ3n) is 2.64. The van der Waals surface area contributed by atoms with Gasteiger partial charge in [-0.3, -0.25) is 4.79 Å². The second-order valence-electron chi connectivity index (χ2n) is 4.14. The van der Waals surface area contributed by atoms with E-state index in [1.54, 1.807) is 20.1 Å². The van der Waals surface area contributed by atoms with Gasteiger partial charge in [-0.25, -0.2) is 0 Å². The van der Waals surface area contributed by atoms with Crippen molar-refractivity contribution >= 4 is 5.91 Å². The Bertz CT molecular complexity index is 400. The molecular weight excluding hydrogens is 234 g/mol. The van der Waals surface area contributed by atoms with E-state index in [4.69, 9.17) is 9.84 Å². The molecule has 0 bridgehead atoms. The van der Waals surface area contributed by atoms with Gasteiger partial charge in [0, 0.05) is 19.3 Å². The molecule has 100 valence electrons. The lowest BCUT2D eigenvalue weighted by Gasteiger charge is -2.17. The second kappa shape index (κ2) is 6.98. The number of carbonyl (C=O) groups is 1. The number of aryl methyl sites for hydroxylation is 1. The van der Waals surface area contributed by atoms with E-state index in [-0.39, 0.29) is 24.3 Å². The molecular formula is C13H19NO4. The number of ether oxygens (including phenoxy) is 1. The molecule has 0 saturated heterocycles. The summed E-state index contributed by atoms with van der Waals surface area (Å²) in [5.41, 5.74) is 1.21. The standard InChI is InChI=1S/C13H19NO4/c1-9-7-11(16)3-4-12(9)13(17)14-10(5-6-15)8-18-2/h3-4,7,10,15-16H,5-6,8H2,1-2H3,(H,14,17). The molecule has 0 aliphatic rings. The number of hydrogen-bond donors (Lipinski definition) is 3. The lowest BCUT2D eigenvalue weighted by atomic mass is 10.1. The Balaban J connectivity index is 2.73. The van der Waals surface area contributed by atoms with Crippen LogP contribution < -0.4 is 5.32 Å². The number of carbonyl (C=O) groups excluding carboxylic acids is 1. The lowest BCUT2D eigenvalue weighted by molar-refractivity contribution is 0.0878. The second-order valence-corrected chi connectivity index (χ2v) is 4.14. The van der Waals surface area contributed by atoms with Gasteiger partial charge in [-0.15, -0.1) is 0 Å². The number of aromatic hydroxyl groups is 1. The van der Waals surface area contributed by atoms with E-state index in [2.05, 4.69) is 5.32 Å². The minimum absolute atomic E-state index is 0.0110. The van der Waals surface area contributed by atoms with Crippen LogP contribution in [0, 0.1) is 6.92 Å². The number of phenolic OH excluding ortho intramolecular Hbond substituents is 1. The monoisotopic (exact) mass is 253 g/mol. The van der Waals surface area contributed by atoms with Gasteiger partial charge < -0.3 is 20.3 Å². The van der Waals surface area contributed by atoms with Crippen LogP contribution in [0.25, 0.3) is 0 Å². The number of benzene rings is 1. The van der Waals surface area contributed by atoms with Gasteiger partial charge in [0.05, 0.1) is 12.6 Å². The normalized spacial score (nSPS) is 12.2. The van der Waals surface area contributed by atoms with Gasteiger partial charge in [-0.2, -0.15) is 0 Å². The van der Waals surface area contributed by atoms with Crippen molar-refractivity contribution in [3.05, 3.63) is 29.3 Å².